The fraction of sp³-hybridized carbons (Fsp3) is 0.0952. The Morgan fingerprint density at radius 3 is 2.50 bits per heavy atom. The van der Waals surface area contributed by atoms with Crippen molar-refractivity contribution in [3.63, 3.8) is 0 Å². The highest BCUT2D eigenvalue weighted by molar-refractivity contribution is 5.80. The topological polar surface area (TPSA) is 61.3 Å². The summed E-state index contributed by atoms with van der Waals surface area (Å²) in [6.45, 7) is 0. The molecule has 2 N–H and O–H groups in total. The van der Waals surface area contributed by atoms with Crippen molar-refractivity contribution in [1.29, 1.82) is 0 Å². The lowest BCUT2D eigenvalue weighted by atomic mass is 10.0. The second kappa shape index (κ2) is 6.60. The molecule has 0 bridgehead atoms. The zero-order valence-electron chi connectivity index (χ0n) is 14.7. The highest BCUT2D eigenvalue weighted by Crippen LogP contribution is 2.36. The van der Waals surface area contributed by atoms with E-state index in [4.69, 9.17) is 14.9 Å². The lowest BCUT2D eigenvalue weighted by Crippen LogP contribution is -2.03. The van der Waals surface area contributed by atoms with Crippen LogP contribution in [0.5, 0.6) is 5.75 Å². The molecule has 0 atom stereocenters. The number of rotatable bonds is 3. The molecular weight excluding hydrogens is 369 g/mol. The summed E-state index contributed by atoms with van der Waals surface area (Å²) in [5, 5.41) is 0. The number of nitrogen functional groups attached to an aromatic ring is 1. The first-order chi connectivity index (χ1) is 13.3. The number of nitrogens with two attached hydrogens (primary N) is 1. The van der Waals surface area contributed by atoms with E-state index in [2.05, 4.69) is 4.98 Å². The molecule has 4 rings (SSSR count). The normalized spacial score (nSPS) is 11.7. The van der Waals surface area contributed by atoms with Gasteiger partial charge in [0.15, 0.2) is 5.58 Å². The molecule has 1 aromatic heterocycles. The number of hydrogen-bond acceptors (Lipinski definition) is 4. The summed E-state index contributed by atoms with van der Waals surface area (Å²) in [5.74, 6) is 0.857. The van der Waals surface area contributed by atoms with Gasteiger partial charge in [0.1, 0.15) is 11.3 Å². The van der Waals surface area contributed by atoms with Crippen molar-refractivity contribution < 1.29 is 22.3 Å². The standard InChI is InChI=1S/C21H15F3N2O2/c1-27-19-11-15(25)6-7-16(19)12-3-2-4-13(9-12)20-26-17-10-14(21(22,23)24)5-8-18(17)28-20/h2-11H,25H2,1H3. The minimum Gasteiger partial charge on any atom is -0.496 e. The molecule has 0 aliphatic heterocycles. The van der Waals surface area contributed by atoms with E-state index in [0.29, 0.717) is 22.6 Å². The molecule has 3 aromatic carbocycles. The molecule has 0 radical (unpaired) electrons. The summed E-state index contributed by atoms with van der Waals surface area (Å²) in [4.78, 5) is 4.23. The van der Waals surface area contributed by atoms with Crippen LogP contribution in [0.4, 0.5) is 18.9 Å². The molecule has 0 aliphatic rings. The molecule has 4 nitrogen and oxygen atoms in total. The third-order valence-corrected chi connectivity index (χ3v) is 4.36. The van der Waals surface area contributed by atoms with Crippen molar-refractivity contribution in [1.82, 2.24) is 4.98 Å². The molecular formula is C21H15F3N2O2. The van der Waals surface area contributed by atoms with Gasteiger partial charge in [0.05, 0.1) is 12.7 Å². The predicted octanol–water partition coefficient (Wildman–Crippen LogP) is 5.77. The van der Waals surface area contributed by atoms with Crippen LogP contribution in [0.15, 0.2) is 65.1 Å². The van der Waals surface area contributed by atoms with Crippen molar-refractivity contribution in [3.05, 3.63) is 66.2 Å². The smallest absolute Gasteiger partial charge is 0.416 e. The molecule has 7 heteroatoms. The van der Waals surface area contributed by atoms with Crippen LogP contribution in [0.25, 0.3) is 33.7 Å². The summed E-state index contributed by atoms with van der Waals surface area (Å²) >= 11 is 0. The number of oxazole rings is 1. The summed E-state index contributed by atoms with van der Waals surface area (Å²) in [6, 6.07) is 15.9. The highest BCUT2D eigenvalue weighted by Gasteiger charge is 2.31. The summed E-state index contributed by atoms with van der Waals surface area (Å²) in [6.07, 6.45) is -4.43. The van der Waals surface area contributed by atoms with Gasteiger partial charge in [-0.2, -0.15) is 13.2 Å². The Labute approximate surface area is 158 Å². The van der Waals surface area contributed by atoms with Gasteiger partial charge in [0.2, 0.25) is 5.89 Å². The van der Waals surface area contributed by atoms with Crippen LogP contribution in [-0.4, -0.2) is 12.1 Å². The van der Waals surface area contributed by atoms with Crippen LogP contribution >= 0.6 is 0 Å². The molecule has 0 saturated carbocycles. The quantitative estimate of drug-likeness (QED) is 0.456. The molecule has 0 spiro atoms. The molecule has 0 fully saturated rings. The Morgan fingerprint density at radius 2 is 1.75 bits per heavy atom. The fourth-order valence-electron chi connectivity index (χ4n) is 2.99. The number of fused-ring (bicyclic) bond motifs is 1. The third kappa shape index (κ3) is 3.26. The van der Waals surface area contributed by atoms with E-state index in [1.54, 1.807) is 25.3 Å². The van der Waals surface area contributed by atoms with E-state index < -0.39 is 11.7 Å². The number of alkyl halides is 3. The Bertz CT molecular complexity index is 1170. The Morgan fingerprint density at radius 1 is 0.964 bits per heavy atom. The average Bonchev–Trinajstić information content (AvgIpc) is 3.10. The van der Waals surface area contributed by atoms with Gasteiger partial charge in [0.25, 0.3) is 0 Å². The number of hydrogen-bond donors (Lipinski definition) is 1. The van der Waals surface area contributed by atoms with Crippen molar-refractivity contribution >= 4 is 16.8 Å². The van der Waals surface area contributed by atoms with Gasteiger partial charge in [-0.1, -0.05) is 12.1 Å². The van der Waals surface area contributed by atoms with E-state index in [0.717, 1.165) is 23.3 Å². The monoisotopic (exact) mass is 384 g/mol. The largest absolute Gasteiger partial charge is 0.496 e. The number of ether oxygens (including phenoxy) is 1. The van der Waals surface area contributed by atoms with Gasteiger partial charge >= 0.3 is 6.18 Å². The van der Waals surface area contributed by atoms with Crippen molar-refractivity contribution in [2.75, 3.05) is 12.8 Å². The van der Waals surface area contributed by atoms with Gasteiger partial charge in [0, 0.05) is 22.9 Å². The van der Waals surface area contributed by atoms with E-state index in [1.807, 2.05) is 24.3 Å². The Balaban J connectivity index is 1.78. The minimum absolute atomic E-state index is 0.153. The number of aromatic nitrogens is 1. The van der Waals surface area contributed by atoms with Crippen LogP contribution in [0, 0.1) is 0 Å². The maximum Gasteiger partial charge on any atom is 0.416 e. The molecule has 28 heavy (non-hydrogen) atoms. The lowest BCUT2D eigenvalue weighted by Gasteiger charge is -2.10. The van der Waals surface area contributed by atoms with Crippen LogP contribution in [0.3, 0.4) is 0 Å². The van der Waals surface area contributed by atoms with Gasteiger partial charge < -0.3 is 14.9 Å². The molecule has 0 aliphatic carbocycles. The third-order valence-electron chi connectivity index (χ3n) is 4.36. The van der Waals surface area contributed by atoms with Gasteiger partial charge in [-0.3, -0.25) is 0 Å². The fourth-order valence-corrected chi connectivity index (χ4v) is 2.99. The average molecular weight is 384 g/mol. The van der Waals surface area contributed by atoms with Crippen LogP contribution in [0.1, 0.15) is 5.56 Å². The maximum absolute atomic E-state index is 12.9. The van der Waals surface area contributed by atoms with Gasteiger partial charge in [-0.25, -0.2) is 4.98 Å². The minimum atomic E-state index is -4.43. The van der Waals surface area contributed by atoms with E-state index >= 15 is 0 Å². The first-order valence-electron chi connectivity index (χ1n) is 8.37. The number of nitrogens with zero attached hydrogens (tertiary/aromatic N) is 1. The lowest BCUT2D eigenvalue weighted by molar-refractivity contribution is -0.137. The number of methoxy groups -OCH3 is 1. The van der Waals surface area contributed by atoms with Crippen LogP contribution < -0.4 is 10.5 Å². The maximum atomic E-state index is 12.9. The number of benzene rings is 3. The van der Waals surface area contributed by atoms with Crippen molar-refractivity contribution in [2.45, 2.75) is 6.18 Å². The van der Waals surface area contributed by atoms with E-state index in [1.165, 1.54) is 6.07 Å². The zero-order chi connectivity index (χ0) is 19.9. The SMILES string of the molecule is COc1cc(N)ccc1-c1cccc(-c2nc3cc(C(F)(F)F)ccc3o2)c1. The van der Waals surface area contributed by atoms with E-state index in [9.17, 15) is 13.2 Å². The summed E-state index contributed by atoms with van der Waals surface area (Å²) < 4.78 is 49.8. The van der Waals surface area contributed by atoms with Gasteiger partial charge in [-0.15, -0.1) is 0 Å². The van der Waals surface area contributed by atoms with Crippen molar-refractivity contribution in [2.24, 2.45) is 0 Å². The molecule has 0 amide bonds. The Kier molecular flexibility index (Phi) is 4.22. The van der Waals surface area contributed by atoms with Gasteiger partial charge in [-0.05, 0) is 48.0 Å². The molecule has 1 heterocycles. The number of anilines is 1. The first kappa shape index (κ1) is 17.9. The molecule has 4 aromatic rings. The molecule has 142 valence electrons. The second-order valence-corrected chi connectivity index (χ2v) is 6.24. The second-order valence-electron chi connectivity index (χ2n) is 6.24. The predicted molar refractivity (Wildman–Crippen MR) is 101 cm³/mol. The van der Waals surface area contributed by atoms with E-state index in [-0.39, 0.29) is 11.4 Å². The summed E-state index contributed by atoms with van der Waals surface area (Å²) in [7, 11) is 1.56. The van der Waals surface area contributed by atoms with Crippen LogP contribution in [0.2, 0.25) is 0 Å². The summed E-state index contributed by atoms with van der Waals surface area (Å²) in [5.41, 5.74) is 8.37. The highest BCUT2D eigenvalue weighted by atomic mass is 19.4. The number of halogens is 3. The molecule has 0 unspecified atom stereocenters. The molecule has 0 saturated heterocycles. The van der Waals surface area contributed by atoms with Crippen molar-refractivity contribution in [3.8, 4) is 28.3 Å². The Hall–Kier alpha value is -3.48. The van der Waals surface area contributed by atoms with Crippen LogP contribution in [-0.2, 0) is 6.18 Å². The first-order valence-corrected chi connectivity index (χ1v) is 8.37. The zero-order valence-corrected chi connectivity index (χ0v) is 14.7.